The molecule has 0 unspecified atom stereocenters. The molecule has 0 saturated heterocycles. The molecule has 104 valence electrons. The first-order valence-electron chi connectivity index (χ1n) is 6.51. The molecule has 5 heteroatoms. The molecule has 1 amide bonds. The number of nitrogens with one attached hydrogen (secondary N) is 2. The quantitative estimate of drug-likeness (QED) is 0.886. The van der Waals surface area contributed by atoms with E-state index in [0.29, 0.717) is 6.54 Å². The maximum absolute atomic E-state index is 12.1. The number of aryl methyl sites for hydroxylation is 2. The van der Waals surface area contributed by atoms with E-state index in [1.54, 1.807) is 24.5 Å². The molecule has 2 aromatic heterocycles. The van der Waals surface area contributed by atoms with Gasteiger partial charge in [0, 0.05) is 24.6 Å². The van der Waals surface area contributed by atoms with Gasteiger partial charge in [-0.25, -0.2) is 0 Å². The third-order valence-electron chi connectivity index (χ3n) is 3.15. The number of aromatic nitrogens is 2. The summed E-state index contributed by atoms with van der Waals surface area (Å²) in [5, 5.41) is 2.73. The van der Waals surface area contributed by atoms with Crippen molar-refractivity contribution in [3.05, 3.63) is 63.3 Å². The third kappa shape index (κ3) is 3.12. The minimum absolute atomic E-state index is 0.149. The maximum atomic E-state index is 12.1. The Balaban J connectivity index is 2.15. The summed E-state index contributed by atoms with van der Waals surface area (Å²) in [5.74, 6) is -0.371. The summed E-state index contributed by atoms with van der Waals surface area (Å²) in [6.07, 6.45) is 4.12. The van der Waals surface area contributed by atoms with E-state index in [2.05, 4.69) is 15.3 Å². The normalized spacial score (nSPS) is 10.3. The predicted octanol–water partition coefficient (Wildman–Crippen LogP) is 1.57. The number of rotatable bonds is 4. The molecule has 0 fully saturated rings. The largest absolute Gasteiger partial charge is 0.348 e. The number of aromatic amines is 1. The molecule has 0 aliphatic carbocycles. The number of hydrogen-bond acceptors (Lipinski definition) is 3. The van der Waals surface area contributed by atoms with Crippen LogP contribution in [0.25, 0.3) is 0 Å². The van der Waals surface area contributed by atoms with Crippen molar-refractivity contribution in [1.82, 2.24) is 15.3 Å². The molecule has 0 aliphatic heterocycles. The van der Waals surface area contributed by atoms with Crippen LogP contribution in [0.1, 0.15) is 34.1 Å². The lowest BCUT2D eigenvalue weighted by molar-refractivity contribution is 0.0949. The summed E-state index contributed by atoms with van der Waals surface area (Å²) in [7, 11) is 0. The number of pyridine rings is 2. The third-order valence-corrected chi connectivity index (χ3v) is 3.15. The average Bonchev–Trinajstić information content (AvgIpc) is 2.46. The van der Waals surface area contributed by atoms with E-state index in [0.717, 1.165) is 23.2 Å². The highest BCUT2D eigenvalue weighted by atomic mass is 16.2. The van der Waals surface area contributed by atoms with Gasteiger partial charge in [0.25, 0.3) is 11.5 Å². The lowest BCUT2D eigenvalue weighted by atomic mass is 10.1. The summed E-state index contributed by atoms with van der Waals surface area (Å²) in [5.41, 5.74) is 2.46. The van der Waals surface area contributed by atoms with Crippen LogP contribution in [-0.2, 0) is 13.0 Å². The van der Waals surface area contributed by atoms with Crippen LogP contribution >= 0.6 is 0 Å². The molecule has 0 spiro atoms. The zero-order valence-electron chi connectivity index (χ0n) is 11.6. The molecular formula is C15H17N3O2. The van der Waals surface area contributed by atoms with Crippen molar-refractivity contribution < 1.29 is 4.79 Å². The van der Waals surface area contributed by atoms with Crippen molar-refractivity contribution >= 4 is 5.91 Å². The van der Waals surface area contributed by atoms with Crippen molar-refractivity contribution in [3.63, 3.8) is 0 Å². The fraction of sp³-hybridized carbons (Fsp3) is 0.267. The second-order valence-electron chi connectivity index (χ2n) is 4.56. The van der Waals surface area contributed by atoms with Crippen LogP contribution in [0, 0.1) is 6.92 Å². The Bertz CT molecular complexity index is 663. The van der Waals surface area contributed by atoms with Crippen molar-refractivity contribution in [2.75, 3.05) is 0 Å². The minimum atomic E-state index is -0.371. The minimum Gasteiger partial charge on any atom is -0.348 e. The highest BCUT2D eigenvalue weighted by Crippen LogP contribution is 2.06. The topological polar surface area (TPSA) is 74.8 Å². The Morgan fingerprint density at radius 1 is 1.45 bits per heavy atom. The van der Waals surface area contributed by atoms with Crippen LogP contribution in [0.4, 0.5) is 0 Å². The number of carbonyl (C=O) groups excluding carboxylic acids is 1. The number of hydrogen-bond donors (Lipinski definition) is 2. The van der Waals surface area contributed by atoms with Crippen LogP contribution in [-0.4, -0.2) is 15.9 Å². The first kappa shape index (κ1) is 14.0. The van der Waals surface area contributed by atoms with Crippen LogP contribution in [0.3, 0.4) is 0 Å². The summed E-state index contributed by atoms with van der Waals surface area (Å²) in [4.78, 5) is 30.6. The van der Waals surface area contributed by atoms with E-state index < -0.39 is 0 Å². The predicted molar refractivity (Wildman–Crippen MR) is 76.6 cm³/mol. The Hall–Kier alpha value is -2.43. The summed E-state index contributed by atoms with van der Waals surface area (Å²) in [6.45, 7) is 4.16. The summed E-state index contributed by atoms with van der Waals surface area (Å²) >= 11 is 0. The summed E-state index contributed by atoms with van der Waals surface area (Å²) < 4.78 is 0. The average molecular weight is 271 g/mol. The van der Waals surface area contributed by atoms with E-state index in [4.69, 9.17) is 0 Å². The summed E-state index contributed by atoms with van der Waals surface area (Å²) in [6, 6.07) is 5.33. The Morgan fingerprint density at radius 3 is 2.90 bits per heavy atom. The molecule has 20 heavy (non-hydrogen) atoms. The second-order valence-corrected chi connectivity index (χ2v) is 4.56. The van der Waals surface area contributed by atoms with Gasteiger partial charge < -0.3 is 10.3 Å². The zero-order valence-corrected chi connectivity index (χ0v) is 11.6. The van der Waals surface area contributed by atoms with Crippen LogP contribution < -0.4 is 10.9 Å². The molecule has 2 N–H and O–H groups in total. The van der Waals surface area contributed by atoms with E-state index >= 15 is 0 Å². The van der Waals surface area contributed by atoms with Gasteiger partial charge in [-0.3, -0.25) is 14.6 Å². The first-order valence-corrected chi connectivity index (χ1v) is 6.51. The zero-order chi connectivity index (χ0) is 14.5. The molecule has 5 nitrogen and oxygen atoms in total. The Labute approximate surface area is 117 Å². The molecule has 0 bridgehead atoms. The number of H-pyrrole nitrogens is 1. The number of amides is 1. The highest BCUT2D eigenvalue weighted by molar-refractivity contribution is 5.93. The first-order chi connectivity index (χ1) is 9.61. The molecule has 0 aliphatic rings. The van der Waals surface area contributed by atoms with Gasteiger partial charge in [0.05, 0.1) is 0 Å². The van der Waals surface area contributed by atoms with Crippen molar-refractivity contribution in [3.8, 4) is 0 Å². The van der Waals surface area contributed by atoms with Gasteiger partial charge >= 0.3 is 0 Å². The highest BCUT2D eigenvalue weighted by Gasteiger charge is 2.12. The smallest absolute Gasteiger partial charge is 0.261 e. The number of nitrogens with zero attached hydrogens (tertiary/aromatic N) is 1. The van der Waals surface area contributed by atoms with Crippen molar-refractivity contribution in [2.45, 2.75) is 26.8 Å². The van der Waals surface area contributed by atoms with E-state index in [-0.39, 0.29) is 17.0 Å². The monoisotopic (exact) mass is 271 g/mol. The molecule has 0 aromatic carbocycles. The Kier molecular flexibility index (Phi) is 4.30. The van der Waals surface area contributed by atoms with E-state index in [9.17, 15) is 9.59 Å². The van der Waals surface area contributed by atoms with E-state index in [1.807, 2.05) is 19.9 Å². The van der Waals surface area contributed by atoms with Crippen molar-refractivity contribution in [2.24, 2.45) is 0 Å². The van der Waals surface area contributed by atoms with Gasteiger partial charge in [-0.1, -0.05) is 13.0 Å². The molecule has 2 aromatic rings. The molecule has 2 heterocycles. The molecule has 0 atom stereocenters. The van der Waals surface area contributed by atoms with Gasteiger partial charge in [-0.05, 0) is 36.6 Å². The van der Waals surface area contributed by atoms with Crippen molar-refractivity contribution in [1.29, 1.82) is 0 Å². The van der Waals surface area contributed by atoms with Gasteiger partial charge in [-0.15, -0.1) is 0 Å². The molecule has 0 radical (unpaired) electrons. The van der Waals surface area contributed by atoms with Crippen LogP contribution in [0.5, 0.6) is 0 Å². The molecule has 0 saturated carbocycles. The fourth-order valence-corrected chi connectivity index (χ4v) is 1.98. The van der Waals surface area contributed by atoms with Crippen LogP contribution in [0.15, 0.2) is 35.4 Å². The lowest BCUT2D eigenvalue weighted by Crippen LogP contribution is -2.30. The number of carbonyl (C=O) groups is 1. The second kappa shape index (κ2) is 6.14. The van der Waals surface area contributed by atoms with Gasteiger partial charge in [0.2, 0.25) is 0 Å². The lowest BCUT2D eigenvalue weighted by Gasteiger charge is -2.07. The fourth-order valence-electron chi connectivity index (χ4n) is 1.98. The van der Waals surface area contributed by atoms with Gasteiger partial charge in [0.1, 0.15) is 5.56 Å². The van der Waals surface area contributed by atoms with E-state index in [1.165, 1.54) is 0 Å². The van der Waals surface area contributed by atoms with Crippen LogP contribution in [0.2, 0.25) is 0 Å². The van der Waals surface area contributed by atoms with Gasteiger partial charge in [-0.2, -0.15) is 0 Å². The SMILES string of the molecule is CCc1cc(C(=O)NCc2cccnc2)c(=O)[nH]c1C. The van der Waals surface area contributed by atoms with Gasteiger partial charge in [0.15, 0.2) is 0 Å². The maximum Gasteiger partial charge on any atom is 0.261 e. The molecular weight excluding hydrogens is 254 g/mol. The standard InChI is InChI=1S/C15H17N3O2/c1-3-12-7-13(15(20)18-10(12)2)14(19)17-9-11-5-4-6-16-8-11/h4-8H,3,9H2,1-2H3,(H,17,19)(H,18,20). The Morgan fingerprint density at radius 2 is 2.25 bits per heavy atom. The molecule has 2 rings (SSSR count).